The maximum absolute atomic E-state index is 13.3. The van der Waals surface area contributed by atoms with Gasteiger partial charge in [-0.25, -0.2) is 14.4 Å². The van der Waals surface area contributed by atoms with Crippen LogP contribution in [0.4, 0.5) is 4.39 Å². The lowest BCUT2D eigenvalue weighted by molar-refractivity contribution is 0.452. The summed E-state index contributed by atoms with van der Waals surface area (Å²) in [7, 11) is 0. The van der Waals surface area contributed by atoms with E-state index in [4.69, 9.17) is 10.5 Å². The summed E-state index contributed by atoms with van der Waals surface area (Å²) in [5, 5.41) is 5.14. The number of hydrogen-bond acceptors (Lipinski definition) is 4. The standard InChI is InChI=1S/C19H19FN4OS.HI/c20-15-5-1-6-16(12-15)25-18-14(4-2-9-22-18)13-24-19(21)23-10-8-17-7-3-11-26-17;/h1-7,9,11-12H,8,10,13H2,(H3,21,23,24);1H. The predicted molar refractivity (Wildman–Crippen MR) is 117 cm³/mol. The van der Waals surface area contributed by atoms with Crippen molar-refractivity contribution in [3.63, 3.8) is 0 Å². The SMILES string of the molecule is I.NC(=NCc1cccnc1Oc1cccc(F)c1)NCCc1cccs1. The number of guanidine groups is 1. The van der Waals surface area contributed by atoms with E-state index >= 15 is 0 Å². The van der Waals surface area contributed by atoms with Gasteiger partial charge in [-0.1, -0.05) is 18.2 Å². The highest BCUT2D eigenvalue weighted by atomic mass is 127. The van der Waals surface area contributed by atoms with Crippen molar-refractivity contribution in [2.75, 3.05) is 6.54 Å². The average Bonchev–Trinajstić information content (AvgIpc) is 3.14. The average molecular weight is 498 g/mol. The first-order chi connectivity index (χ1) is 12.7. The van der Waals surface area contributed by atoms with Crippen molar-refractivity contribution in [1.29, 1.82) is 0 Å². The molecule has 0 unspecified atom stereocenters. The molecule has 0 aliphatic heterocycles. The molecule has 0 aliphatic carbocycles. The minimum absolute atomic E-state index is 0. The topological polar surface area (TPSA) is 72.5 Å². The quantitative estimate of drug-likeness (QED) is 0.289. The minimum Gasteiger partial charge on any atom is -0.439 e. The lowest BCUT2D eigenvalue weighted by Crippen LogP contribution is -2.33. The molecule has 2 heterocycles. The molecule has 3 aromatic rings. The van der Waals surface area contributed by atoms with Gasteiger partial charge in [-0.3, -0.25) is 0 Å². The maximum atomic E-state index is 13.3. The van der Waals surface area contributed by atoms with Gasteiger partial charge in [0.15, 0.2) is 5.96 Å². The fraction of sp³-hybridized carbons (Fsp3) is 0.158. The molecule has 27 heavy (non-hydrogen) atoms. The molecule has 0 saturated carbocycles. The van der Waals surface area contributed by atoms with Crippen LogP contribution in [0.3, 0.4) is 0 Å². The van der Waals surface area contributed by atoms with Gasteiger partial charge in [-0.2, -0.15) is 0 Å². The Morgan fingerprint density at radius 2 is 2.11 bits per heavy atom. The van der Waals surface area contributed by atoms with Crippen LogP contribution in [0.1, 0.15) is 10.4 Å². The molecule has 2 aromatic heterocycles. The second-order valence-corrected chi connectivity index (χ2v) is 6.52. The first-order valence-corrected chi connectivity index (χ1v) is 9.02. The normalized spacial score (nSPS) is 10.9. The van der Waals surface area contributed by atoms with Gasteiger partial charge in [0, 0.05) is 29.2 Å². The van der Waals surface area contributed by atoms with Crippen LogP contribution in [-0.4, -0.2) is 17.5 Å². The van der Waals surface area contributed by atoms with Crippen LogP contribution in [0.15, 0.2) is 65.1 Å². The Bertz CT molecular complexity index is 874. The van der Waals surface area contributed by atoms with Crippen LogP contribution in [-0.2, 0) is 13.0 Å². The highest BCUT2D eigenvalue weighted by Gasteiger charge is 2.07. The van der Waals surface area contributed by atoms with Gasteiger partial charge in [0.25, 0.3) is 0 Å². The maximum Gasteiger partial charge on any atom is 0.224 e. The lowest BCUT2D eigenvalue weighted by Gasteiger charge is -2.09. The number of thiophene rings is 1. The molecule has 1 aromatic carbocycles. The third-order valence-corrected chi connectivity index (χ3v) is 4.47. The van der Waals surface area contributed by atoms with Crippen molar-refractivity contribution < 1.29 is 9.13 Å². The molecule has 142 valence electrons. The van der Waals surface area contributed by atoms with E-state index in [9.17, 15) is 4.39 Å². The van der Waals surface area contributed by atoms with Crippen LogP contribution in [0.25, 0.3) is 0 Å². The smallest absolute Gasteiger partial charge is 0.224 e. The monoisotopic (exact) mass is 498 g/mol. The third kappa shape index (κ3) is 6.79. The number of nitrogens with zero attached hydrogens (tertiary/aromatic N) is 2. The van der Waals surface area contributed by atoms with Crippen LogP contribution in [0, 0.1) is 5.82 Å². The number of benzene rings is 1. The first kappa shape index (κ1) is 21.1. The fourth-order valence-corrected chi connectivity index (χ4v) is 2.98. The largest absolute Gasteiger partial charge is 0.439 e. The molecule has 3 rings (SSSR count). The molecular weight excluding hydrogens is 478 g/mol. The molecular formula is C19H20FIN4OS. The zero-order chi connectivity index (χ0) is 18.2. The van der Waals surface area contributed by atoms with Crippen molar-refractivity contribution >= 4 is 41.3 Å². The van der Waals surface area contributed by atoms with E-state index in [1.54, 1.807) is 35.7 Å². The Hall–Kier alpha value is -2.20. The summed E-state index contributed by atoms with van der Waals surface area (Å²) in [6, 6.07) is 13.7. The third-order valence-electron chi connectivity index (χ3n) is 3.54. The molecule has 0 amide bonds. The van der Waals surface area contributed by atoms with E-state index in [0.29, 0.717) is 24.1 Å². The Labute approximate surface area is 178 Å². The number of aromatic nitrogens is 1. The fourth-order valence-electron chi connectivity index (χ4n) is 2.27. The van der Waals surface area contributed by atoms with E-state index in [1.165, 1.54) is 17.0 Å². The molecule has 0 radical (unpaired) electrons. The summed E-state index contributed by atoms with van der Waals surface area (Å²) in [5.41, 5.74) is 6.68. The zero-order valence-electron chi connectivity index (χ0n) is 14.5. The summed E-state index contributed by atoms with van der Waals surface area (Å²) < 4.78 is 19.0. The Balaban J connectivity index is 0.00000261. The van der Waals surface area contributed by atoms with Crippen molar-refractivity contribution in [1.82, 2.24) is 10.3 Å². The van der Waals surface area contributed by atoms with Gasteiger partial charge in [-0.05, 0) is 36.1 Å². The Morgan fingerprint density at radius 3 is 2.89 bits per heavy atom. The van der Waals surface area contributed by atoms with Gasteiger partial charge in [0.05, 0.1) is 6.54 Å². The van der Waals surface area contributed by atoms with Gasteiger partial charge < -0.3 is 15.8 Å². The molecule has 3 N–H and O–H groups in total. The van der Waals surface area contributed by atoms with Crippen LogP contribution in [0.5, 0.6) is 11.6 Å². The molecule has 0 fully saturated rings. The lowest BCUT2D eigenvalue weighted by atomic mass is 10.2. The van der Waals surface area contributed by atoms with Gasteiger partial charge >= 0.3 is 0 Å². The number of aliphatic imine (C=N–C) groups is 1. The van der Waals surface area contributed by atoms with Crippen molar-refractivity contribution in [3.05, 3.63) is 76.4 Å². The van der Waals surface area contributed by atoms with Gasteiger partial charge in [-0.15, -0.1) is 35.3 Å². The second kappa shape index (κ2) is 10.8. The molecule has 0 spiro atoms. The Morgan fingerprint density at radius 1 is 1.22 bits per heavy atom. The minimum atomic E-state index is -0.364. The Kier molecular flexibility index (Phi) is 8.46. The summed E-state index contributed by atoms with van der Waals surface area (Å²) in [4.78, 5) is 9.82. The number of ether oxygens (including phenoxy) is 1. The number of halogens is 2. The molecule has 0 saturated heterocycles. The summed E-state index contributed by atoms with van der Waals surface area (Å²) in [6.45, 7) is 1.03. The second-order valence-electron chi connectivity index (χ2n) is 5.48. The van der Waals surface area contributed by atoms with E-state index in [-0.39, 0.29) is 29.8 Å². The molecule has 5 nitrogen and oxygen atoms in total. The number of nitrogens with two attached hydrogens (primary N) is 1. The van der Waals surface area contributed by atoms with E-state index in [2.05, 4.69) is 26.7 Å². The molecule has 8 heteroatoms. The summed E-state index contributed by atoms with van der Waals surface area (Å²) >= 11 is 1.72. The molecule has 0 bridgehead atoms. The number of hydrogen-bond donors (Lipinski definition) is 2. The number of rotatable bonds is 7. The van der Waals surface area contributed by atoms with Crippen LogP contribution in [0.2, 0.25) is 0 Å². The first-order valence-electron chi connectivity index (χ1n) is 8.14. The zero-order valence-corrected chi connectivity index (χ0v) is 17.6. The highest BCUT2D eigenvalue weighted by Crippen LogP contribution is 2.23. The van der Waals surface area contributed by atoms with Gasteiger partial charge in [0.1, 0.15) is 11.6 Å². The van der Waals surface area contributed by atoms with Crippen molar-refractivity contribution in [3.8, 4) is 11.6 Å². The predicted octanol–water partition coefficient (Wildman–Crippen LogP) is 4.34. The van der Waals surface area contributed by atoms with Gasteiger partial charge in [0.2, 0.25) is 5.88 Å². The highest BCUT2D eigenvalue weighted by molar-refractivity contribution is 14.0. The summed E-state index contributed by atoms with van der Waals surface area (Å²) in [6.07, 6.45) is 2.51. The summed E-state index contributed by atoms with van der Waals surface area (Å²) in [5.74, 6) is 0.767. The molecule has 0 atom stereocenters. The van der Waals surface area contributed by atoms with Crippen LogP contribution >= 0.6 is 35.3 Å². The number of pyridine rings is 1. The van der Waals surface area contributed by atoms with E-state index in [1.807, 2.05) is 12.1 Å². The van der Waals surface area contributed by atoms with E-state index in [0.717, 1.165) is 18.5 Å². The molecule has 0 aliphatic rings. The van der Waals surface area contributed by atoms with Crippen LogP contribution < -0.4 is 15.8 Å². The van der Waals surface area contributed by atoms with E-state index < -0.39 is 0 Å². The van der Waals surface area contributed by atoms with Crippen molar-refractivity contribution in [2.45, 2.75) is 13.0 Å². The number of nitrogens with one attached hydrogen (secondary N) is 1. The van der Waals surface area contributed by atoms with Crippen molar-refractivity contribution in [2.24, 2.45) is 10.7 Å².